The Bertz CT molecular complexity index is 1390. The van der Waals surface area contributed by atoms with Crippen LogP contribution in [0, 0.1) is 34.1 Å². The van der Waals surface area contributed by atoms with Gasteiger partial charge in [0.15, 0.2) is 0 Å². The van der Waals surface area contributed by atoms with Gasteiger partial charge in [-0.15, -0.1) is 0 Å². The average molecular weight is 651 g/mol. The molecule has 4 aromatic rings. The Morgan fingerprint density at radius 1 is 0.757 bits per heavy atom. The fourth-order valence-electron chi connectivity index (χ4n) is 2.89. The van der Waals surface area contributed by atoms with Gasteiger partial charge in [0.1, 0.15) is 10.7 Å². The summed E-state index contributed by atoms with van der Waals surface area (Å²) in [5, 5.41) is 24.5. The van der Waals surface area contributed by atoms with Crippen LogP contribution >= 0.6 is 43.5 Å². The van der Waals surface area contributed by atoms with Gasteiger partial charge in [0.2, 0.25) is 0 Å². The van der Waals surface area contributed by atoms with Crippen LogP contribution in [-0.2, 0) is 0 Å². The maximum Gasteiger partial charge on any atom is 0.292 e. The van der Waals surface area contributed by atoms with Gasteiger partial charge in [-0.3, -0.25) is 20.2 Å². The lowest BCUT2D eigenvalue weighted by molar-refractivity contribution is -0.384. The summed E-state index contributed by atoms with van der Waals surface area (Å²) in [5.74, 6) is 0. The second-order valence-corrected chi connectivity index (χ2v) is 9.92. The molecule has 0 saturated carbocycles. The lowest BCUT2D eigenvalue weighted by atomic mass is 10.2. The van der Waals surface area contributed by atoms with Gasteiger partial charge in [-0.2, -0.15) is 0 Å². The number of nitrogens with one attached hydrogen (secondary N) is 1. The van der Waals surface area contributed by atoms with Crippen LogP contribution < -0.4 is 11.1 Å². The van der Waals surface area contributed by atoms with Crippen LogP contribution in [0.1, 0.15) is 11.1 Å². The number of nitro benzene ring substituents is 2. The minimum atomic E-state index is -0.491. The van der Waals surface area contributed by atoms with Crippen molar-refractivity contribution in [1.29, 1.82) is 0 Å². The number of nitrogen functional groups attached to an aromatic ring is 1. The third kappa shape index (κ3) is 10.2. The number of nitrogens with zero attached hydrogens (tertiary/aromatic N) is 2. The van der Waals surface area contributed by atoms with E-state index in [-0.39, 0.29) is 21.3 Å². The van der Waals surface area contributed by atoms with E-state index in [2.05, 4.69) is 37.2 Å². The minimum Gasteiger partial charge on any atom is -0.399 e. The summed E-state index contributed by atoms with van der Waals surface area (Å²) in [6.07, 6.45) is 0. The van der Waals surface area contributed by atoms with Crippen molar-refractivity contribution in [1.82, 2.24) is 0 Å². The molecule has 0 bridgehead atoms. The van der Waals surface area contributed by atoms with Gasteiger partial charge in [-0.1, -0.05) is 67.7 Å². The van der Waals surface area contributed by atoms with Gasteiger partial charge in [0, 0.05) is 32.5 Å². The Labute approximate surface area is 236 Å². The van der Waals surface area contributed by atoms with E-state index in [1.807, 2.05) is 61.5 Å². The zero-order valence-electron chi connectivity index (χ0n) is 19.8. The molecule has 0 amide bonds. The molecule has 4 rings (SSSR count). The van der Waals surface area contributed by atoms with E-state index in [0.29, 0.717) is 5.69 Å². The minimum absolute atomic E-state index is 0.0355. The van der Waals surface area contributed by atoms with E-state index in [1.54, 1.807) is 25.1 Å². The number of hydrogen-bond donors (Lipinski definition) is 2. The van der Waals surface area contributed by atoms with Crippen molar-refractivity contribution in [2.24, 2.45) is 0 Å². The van der Waals surface area contributed by atoms with Gasteiger partial charge in [0.25, 0.3) is 11.4 Å². The average Bonchev–Trinajstić information content (AvgIpc) is 2.82. The van der Waals surface area contributed by atoms with Crippen molar-refractivity contribution in [2.75, 3.05) is 11.1 Å². The topological polar surface area (TPSA) is 124 Å². The second kappa shape index (κ2) is 14.3. The Hall–Kier alpha value is -3.47. The highest BCUT2D eigenvalue weighted by molar-refractivity contribution is 9.10. The molecule has 0 fully saturated rings. The van der Waals surface area contributed by atoms with Crippen LogP contribution in [0.5, 0.6) is 0 Å². The highest BCUT2D eigenvalue weighted by atomic mass is 79.9. The number of anilines is 3. The van der Waals surface area contributed by atoms with Gasteiger partial charge in [-0.25, -0.2) is 0 Å². The van der Waals surface area contributed by atoms with Gasteiger partial charge in [0.05, 0.1) is 9.85 Å². The summed E-state index contributed by atoms with van der Waals surface area (Å²) >= 11 is 12.2. The first-order valence-electron chi connectivity index (χ1n) is 10.7. The maximum absolute atomic E-state index is 11.0. The van der Waals surface area contributed by atoms with E-state index in [9.17, 15) is 20.2 Å². The van der Waals surface area contributed by atoms with E-state index < -0.39 is 4.92 Å². The Morgan fingerprint density at radius 3 is 1.78 bits per heavy atom. The smallest absolute Gasteiger partial charge is 0.292 e. The van der Waals surface area contributed by atoms with Gasteiger partial charge in [-0.05, 0) is 73.5 Å². The predicted octanol–water partition coefficient (Wildman–Crippen LogP) is 9.00. The molecular weight excluding hydrogens is 628 g/mol. The molecule has 0 unspecified atom stereocenters. The second-order valence-electron chi connectivity index (χ2n) is 7.68. The molecule has 0 atom stereocenters. The summed E-state index contributed by atoms with van der Waals surface area (Å²) in [6, 6.07) is 24.9. The zero-order chi connectivity index (χ0) is 27.5. The molecule has 0 aromatic heterocycles. The zero-order valence-corrected chi connectivity index (χ0v) is 23.7. The SMILES string of the molecule is Cc1ccc(Cl)c([N+](=O)[O-])c1.Cc1ccc(Nc2cccc(Br)c2)c([N+](=O)[O-])c1.Nc1cccc(Br)c1. The Morgan fingerprint density at radius 2 is 1.30 bits per heavy atom. The molecule has 37 heavy (non-hydrogen) atoms. The molecule has 3 N–H and O–H groups in total. The van der Waals surface area contributed by atoms with Crippen LogP contribution in [-0.4, -0.2) is 9.85 Å². The fourth-order valence-corrected chi connectivity index (χ4v) is 3.89. The largest absolute Gasteiger partial charge is 0.399 e. The monoisotopic (exact) mass is 648 g/mol. The van der Waals surface area contributed by atoms with Crippen molar-refractivity contribution in [3.63, 3.8) is 0 Å². The van der Waals surface area contributed by atoms with Crippen molar-refractivity contribution in [3.05, 3.63) is 130 Å². The maximum atomic E-state index is 11.0. The summed E-state index contributed by atoms with van der Waals surface area (Å²) in [7, 11) is 0. The van der Waals surface area contributed by atoms with E-state index in [4.69, 9.17) is 17.3 Å². The van der Waals surface area contributed by atoms with E-state index in [1.165, 1.54) is 12.1 Å². The van der Waals surface area contributed by atoms with Crippen molar-refractivity contribution >= 4 is 71.9 Å². The number of nitrogens with two attached hydrogens (primary N) is 1. The number of hydrogen-bond acceptors (Lipinski definition) is 6. The number of aryl methyl sites for hydroxylation is 2. The molecule has 0 aliphatic carbocycles. The first kappa shape index (κ1) is 29.8. The molecule has 192 valence electrons. The van der Waals surface area contributed by atoms with E-state index in [0.717, 1.165) is 31.4 Å². The highest BCUT2D eigenvalue weighted by Gasteiger charge is 2.13. The van der Waals surface area contributed by atoms with Crippen LogP contribution in [0.2, 0.25) is 5.02 Å². The summed E-state index contributed by atoms with van der Waals surface area (Å²) in [5.41, 5.74) is 9.25. The molecule has 0 aliphatic heterocycles. The lowest BCUT2D eigenvalue weighted by Gasteiger charge is -2.08. The molecule has 8 nitrogen and oxygen atoms in total. The molecule has 0 saturated heterocycles. The summed E-state index contributed by atoms with van der Waals surface area (Å²) in [4.78, 5) is 20.4. The van der Waals surface area contributed by atoms with Crippen LogP contribution in [0.25, 0.3) is 0 Å². The van der Waals surface area contributed by atoms with Crippen LogP contribution in [0.15, 0.2) is 93.9 Å². The molecule has 0 aliphatic rings. The van der Waals surface area contributed by atoms with Crippen molar-refractivity contribution in [2.45, 2.75) is 13.8 Å². The molecule has 4 aromatic carbocycles. The number of rotatable bonds is 4. The molecule has 11 heteroatoms. The van der Waals surface area contributed by atoms with Gasteiger partial charge >= 0.3 is 0 Å². The Balaban J connectivity index is 0.000000215. The van der Waals surface area contributed by atoms with Crippen molar-refractivity contribution in [3.8, 4) is 0 Å². The first-order valence-corrected chi connectivity index (χ1v) is 12.6. The standard InChI is InChI=1S/C13H11BrN2O2.C7H6ClNO2.C6H6BrN/c1-9-5-6-12(13(7-9)16(17)18)15-11-4-2-3-10(14)8-11;1-5-2-3-6(8)7(4-5)9(10)11;7-5-2-1-3-6(8)4-5/h2-8,15H,1H3;2-4H,1H3;1-4H,8H2. The normalized spacial score (nSPS) is 9.76. The number of nitro groups is 2. The van der Waals surface area contributed by atoms with Gasteiger partial charge < -0.3 is 11.1 Å². The molecule has 0 radical (unpaired) electrons. The fraction of sp³-hybridized carbons (Fsp3) is 0.0769. The lowest BCUT2D eigenvalue weighted by Crippen LogP contribution is -1.97. The Kier molecular flexibility index (Phi) is 11.5. The summed E-state index contributed by atoms with van der Waals surface area (Å²) < 4.78 is 1.94. The number of benzene rings is 4. The van der Waals surface area contributed by atoms with Crippen molar-refractivity contribution < 1.29 is 9.85 Å². The molecular formula is C26H23Br2ClN4O4. The van der Waals surface area contributed by atoms with E-state index >= 15 is 0 Å². The first-order chi connectivity index (χ1) is 17.5. The van der Waals surface area contributed by atoms with Crippen LogP contribution in [0.3, 0.4) is 0 Å². The number of halogens is 3. The van der Waals surface area contributed by atoms with Crippen LogP contribution in [0.4, 0.5) is 28.4 Å². The third-order valence-electron chi connectivity index (χ3n) is 4.60. The molecule has 0 heterocycles. The predicted molar refractivity (Wildman–Crippen MR) is 157 cm³/mol. The highest BCUT2D eigenvalue weighted by Crippen LogP contribution is 2.29. The summed E-state index contributed by atoms with van der Waals surface area (Å²) in [6.45, 7) is 3.61. The third-order valence-corrected chi connectivity index (χ3v) is 5.91. The molecule has 0 spiro atoms. The quantitative estimate of drug-likeness (QED) is 0.129.